The van der Waals surface area contributed by atoms with E-state index in [-0.39, 0.29) is 5.75 Å². The summed E-state index contributed by atoms with van der Waals surface area (Å²) in [6.45, 7) is 0. The third-order valence-corrected chi connectivity index (χ3v) is 22.3. The Morgan fingerprint density at radius 3 is 0.655 bits per heavy atom. The third-order valence-electron chi connectivity index (χ3n) is 22.3. The highest BCUT2D eigenvalue weighted by molar-refractivity contribution is 6.10. The first-order valence-electron chi connectivity index (χ1n) is 39.8. The van der Waals surface area contributed by atoms with Crippen molar-refractivity contribution in [2.45, 2.75) is 6.36 Å². The van der Waals surface area contributed by atoms with E-state index in [1.165, 1.54) is 100 Å². The van der Waals surface area contributed by atoms with E-state index >= 15 is 0 Å². The first kappa shape index (κ1) is 73.7. The number of ether oxygens (including phenoxy) is 2. The summed E-state index contributed by atoms with van der Waals surface area (Å²) in [6, 6.07) is 157. The smallest absolute Gasteiger partial charge is 0.497 e. The van der Waals surface area contributed by atoms with Gasteiger partial charge in [-0.05, 0) is 235 Å². The highest BCUT2D eigenvalue weighted by Crippen LogP contribution is 2.43. The average Bonchev–Trinajstić information content (AvgIpc) is 1.57. The van der Waals surface area contributed by atoms with Gasteiger partial charge in [-0.3, -0.25) is 0 Å². The van der Waals surface area contributed by atoms with Crippen molar-refractivity contribution in [2.75, 3.05) is 16.9 Å². The van der Waals surface area contributed by atoms with E-state index in [0.717, 1.165) is 95.8 Å². The van der Waals surface area contributed by atoms with Gasteiger partial charge in [0.25, 0.3) is 0 Å². The molecule has 0 spiro atoms. The highest BCUT2D eigenvalue weighted by atomic mass is 19.4. The number of rotatable bonds is 18. The van der Waals surface area contributed by atoms with Crippen LogP contribution < -0.4 is 19.3 Å². The zero-order valence-electron chi connectivity index (χ0n) is 65.0. The number of nitrogens with zero attached hydrogens (tertiary/aromatic N) is 4. The molecular weight excluding hydrogens is 1470 g/mol. The number of hydrogen-bond acceptors (Lipinski definition) is 4. The summed E-state index contributed by atoms with van der Waals surface area (Å²) in [5.74, 6) is 0.616. The Balaban J connectivity index is 0.000000158. The molecule has 0 aliphatic carbocycles. The molecule has 0 unspecified atom stereocenters. The van der Waals surface area contributed by atoms with Crippen LogP contribution in [-0.4, -0.2) is 22.6 Å². The van der Waals surface area contributed by atoms with Gasteiger partial charge in [0, 0.05) is 67.0 Å². The molecule has 0 saturated heterocycles. The van der Waals surface area contributed by atoms with Crippen LogP contribution in [0, 0.1) is 0 Å². The molecule has 2 heterocycles. The van der Waals surface area contributed by atoms with E-state index < -0.39 is 6.36 Å². The van der Waals surface area contributed by atoms with Crippen molar-refractivity contribution in [1.29, 1.82) is 0 Å². The predicted molar refractivity (Wildman–Crippen MR) is 488 cm³/mol. The largest absolute Gasteiger partial charge is 0.573 e. The lowest BCUT2D eigenvalue weighted by Crippen LogP contribution is -2.16. The number of anilines is 6. The summed E-state index contributed by atoms with van der Waals surface area (Å²) >= 11 is 0. The number of alkyl halides is 3. The summed E-state index contributed by atoms with van der Waals surface area (Å²) in [5.41, 5.74) is 31.1. The number of para-hydroxylation sites is 4. The molecule has 18 aromatic carbocycles. The summed E-state index contributed by atoms with van der Waals surface area (Å²) in [7, 11) is 1.69. The summed E-state index contributed by atoms with van der Waals surface area (Å²) in [4.78, 5) is 4.61. The van der Waals surface area contributed by atoms with Crippen molar-refractivity contribution in [3.63, 3.8) is 0 Å². The van der Waals surface area contributed by atoms with Gasteiger partial charge in [0.15, 0.2) is 0 Å². The number of fused-ring (bicyclic) bond motifs is 6. The Labute approximate surface area is 689 Å². The van der Waals surface area contributed by atoms with Crippen molar-refractivity contribution in [2.24, 2.45) is 0 Å². The second-order valence-electron chi connectivity index (χ2n) is 29.5. The maximum Gasteiger partial charge on any atom is 0.573 e. The number of aromatic nitrogens is 2. The first-order chi connectivity index (χ1) is 58.5. The second kappa shape index (κ2) is 32.4. The van der Waals surface area contributed by atoms with Crippen LogP contribution in [0.4, 0.5) is 47.3 Å². The molecule has 0 fully saturated rings. The molecule has 0 N–H and O–H groups in total. The molecule has 570 valence electrons. The SMILES string of the molecule is COc1ccc(-c2ccc(-c3ccc(N(c4ccc(-c5ccccc5)cc4)c4ccc(-c5cccc(-n6c7ccccc7c7ccccc76)c5)cc4)cc3)cc2)cc1.FC(F)(F)Oc1ccc(-c2ccc(-c3ccc(N(c4ccc(-c5ccccc5)cc4)c4ccc(-c5cccc(-n6c7ccccc7c7ccccc76)c5)cc4)cc3)cc2)cc1. The fraction of sp³-hybridized carbons (Fsp3) is 0.0182. The van der Waals surface area contributed by atoms with Crippen LogP contribution in [0.25, 0.3) is 144 Å². The van der Waals surface area contributed by atoms with E-state index in [4.69, 9.17) is 4.74 Å². The standard InChI is InChI=1S/C55H37F3N2O.C55H40N2O/c56-55(57,58)61-50-35-27-43(28-36-50)40-19-17-39(18-20-40)42-23-31-47(32-24-42)59(46-29-21-41(22-30-46)38-9-2-1-3-10-38)48-33-25-44(26-34-48)45-11-8-12-49(37-45)60-53-15-6-4-13-51(53)52-14-5-7-16-54(52)60;1-58-51-36-28-44(29-37-51)41-20-18-40(19-21-41)43-24-32-48(33-25-43)56(47-30-22-42(23-31-47)39-10-3-2-4-11-39)49-34-26-45(27-35-49)46-12-9-13-50(38-46)57-54-16-7-5-14-52(54)53-15-6-8-17-55(53)57/h1-37H;2-38H,1H3. The van der Waals surface area contributed by atoms with E-state index in [9.17, 15) is 13.2 Å². The molecule has 2 aromatic heterocycles. The van der Waals surface area contributed by atoms with Crippen LogP contribution in [0.1, 0.15) is 0 Å². The lowest BCUT2D eigenvalue weighted by Gasteiger charge is -2.26. The zero-order chi connectivity index (χ0) is 80.2. The monoisotopic (exact) mass is 1540 g/mol. The minimum absolute atomic E-state index is 0.244. The first-order valence-corrected chi connectivity index (χ1v) is 39.8. The van der Waals surface area contributed by atoms with E-state index in [2.05, 4.69) is 406 Å². The van der Waals surface area contributed by atoms with Gasteiger partial charge in [-0.25, -0.2) is 0 Å². The fourth-order valence-corrected chi connectivity index (χ4v) is 16.4. The number of hydrogen-bond donors (Lipinski definition) is 0. The summed E-state index contributed by atoms with van der Waals surface area (Å²) in [6.07, 6.45) is -4.72. The lowest BCUT2D eigenvalue weighted by molar-refractivity contribution is -0.274. The molecular formula is C110H77F3N4O2. The summed E-state index contributed by atoms with van der Waals surface area (Å²) < 4.78 is 52.1. The Bertz CT molecular complexity index is 6830. The van der Waals surface area contributed by atoms with Crippen LogP contribution in [0.5, 0.6) is 11.5 Å². The van der Waals surface area contributed by atoms with Crippen LogP contribution in [0.15, 0.2) is 449 Å². The van der Waals surface area contributed by atoms with Crippen molar-refractivity contribution in [1.82, 2.24) is 9.13 Å². The third kappa shape index (κ3) is 15.4. The van der Waals surface area contributed by atoms with Crippen LogP contribution in [0.3, 0.4) is 0 Å². The Kier molecular flexibility index (Phi) is 20.1. The second-order valence-corrected chi connectivity index (χ2v) is 29.5. The Hall–Kier alpha value is -15.5. The lowest BCUT2D eigenvalue weighted by atomic mass is 9.99. The molecule has 0 radical (unpaired) electrons. The van der Waals surface area contributed by atoms with E-state index in [1.54, 1.807) is 19.2 Å². The predicted octanol–water partition coefficient (Wildman–Crippen LogP) is 30.8. The van der Waals surface area contributed by atoms with Gasteiger partial charge in [-0.15, -0.1) is 13.2 Å². The molecule has 119 heavy (non-hydrogen) atoms. The molecule has 0 amide bonds. The topological polar surface area (TPSA) is 34.8 Å². The molecule has 0 atom stereocenters. The molecule has 6 nitrogen and oxygen atoms in total. The van der Waals surface area contributed by atoms with E-state index in [1.807, 2.05) is 42.5 Å². The van der Waals surface area contributed by atoms with Crippen LogP contribution in [-0.2, 0) is 0 Å². The maximum absolute atomic E-state index is 12.6. The maximum atomic E-state index is 12.6. The molecule has 0 aliphatic rings. The van der Waals surface area contributed by atoms with Crippen molar-refractivity contribution in [3.05, 3.63) is 449 Å². The van der Waals surface area contributed by atoms with Gasteiger partial charge < -0.3 is 28.4 Å². The van der Waals surface area contributed by atoms with Crippen LogP contribution in [0.2, 0.25) is 0 Å². The number of methoxy groups -OCH3 is 1. The van der Waals surface area contributed by atoms with Gasteiger partial charge in [0.1, 0.15) is 11.5 Å². The minimum Gasteiger partial charge on any atom is -0.497 e. The average molecular weight is 1540 g/mol. The quantitative estimate of drug-likeness (QED) is 0.0858. The zero-order valence-corrected chi connectivity index (χ0v) is 65.0. The van der Waals surface area contributed by atoms with Crippen molar-refractivity contribution in [3.8, 4) is 112 Å². The molecule has 9 heteroatoms. The van der Waals surface area contributed by atoms with Gasteiger partial charge in [0.2, 0.25) is 0 Å². The highest BCUT2D eigenvalue weighted by Gasteiger charge is 2.31. The van der Waals surface area contributed by atoms with E-state index in [0.29, 0.717) is 0 Å². The fourth-order valence-electron chi connectivity index (χ4n) is 16.4. The number of halogens is 3. The van der Waals surface area contributed by atoms with Gasteiger partial charge >= 0.3 is 6.36 Å². The van der Waals surface area contributed by atoms with Crippen molar-refractivity contribution < 1.29 is 22.6 Å². The molecule has 20 aromatic rings. The van der Waals surface area contributed by atoms with Gasteiger partial charge in [0.05, 0.1) is 29.2 Å². The normalized spacial score (nSPS) is 11.4. The minimum atomic E-state index is -4.72. The van der Waals surface area contributed by atoms with Gasteiger partial charge in [-0.1, -0.05) is 303 Å². The molecule has 20 rings (SSSR count). The molecule has 0 aliphatic heterocycles. The summed E-state index contributed by atoms with van der Waals surface area (Å²) in [5, 5.41) is 5.00. The van der Waals surface area contributed by atoms with Crippen LogP contribution >= 0.6 is 0 Å². The Morgan fingerprint density at radius 1 is 0.202 bits per heavy atom. The Morgan fingerprint density at radius 2 is 0.403 bits per heavy atom. The van der Waals surface area contributed by atoms with Crippen molar-refractivity contribution >= 4 is 77.7 Å². The van der Waals surface area contributed by atoms with Gasteiger partial charge in [-0.2, -0.15) is 0 Å². The number of benzene rings is 18. The molecule has 0 saturated carbocycles. The molecule has 0 bridgehead atoms.